The minimum atomic E-state index is -0.490. The van der Waals surface area contributed by atoms with Gasteiger partial charge < -0.3 is 19.7 Å². The minimum absolute atomic E-state index is 0.0842. The molecular formula is C32H50N2O5. The number of carbonyl (C=O) groups is 3. The van der Waals surface area contributed by atoms with Crippen LogP contribution in [0.3, 0.4) is 0 Å². The van der Waals surface area contributed by atoms with Gasteiger partial charge in [-0.15, -0.1) is 0 Å². The fraction of sp³-hybridized carbons (Fsp3) is 0.906. The Kier molecular flexibility index (Phi) is 6.77. The van der Waals surface area contributed by atoms with Crippen LogP contribution in [0.1, 0.15) is 91.9 Å². The zero-order chi connectivity index (χ0) is 27.9. The molecule has 2 aliphatic heterocycles. The largest absolute Gasteiger partial charge is 0.353 e. The Balaban J connectivity index is 1.16. The van der Waals surface area contributed by atoms with Gasteiger partial charge in [0.1, 0.15) is 12.2 Å². The van der Waals surface area contributed by atoms with Crippen molar-refractivity contribution in [3.05, 3.63) is 0 Å². The van der Waals surface area contributed by atoms with Gasteiger partial charge in [0.2, 0.25) is 11.8 Å². The summed E-state index contributed by atoms with van der Waals surface area (Å²) in [5.74, 6) is 2.63. The van der Waals surface area contributed by atoms with Gasteiger partial charge >= 0.3 is 0 Å². The van der Waals surface area contributed by atoms with Crippen LogP contribution in [0.5, 0.6) is 0 Å². The van der Waals surface area contributed by atoms with Gasteiger partial charge in [0, 0.05) is 50.2 Å². The van der Waals surface area contributed by atoms with Crippen molar-refractivity contribution < 1.29 is 23.9 Å². The molecule has 6 aliphatic rings. The van der Waals surface area contributed by atoms with Crippen LogP contribution in [0, 0.1) is 52.3 Å². The second-order valence-corrected chi connectivity index (χ2v) is 15.0. The first kappa shape index (κ1) is 27.7. The molecule has 0 radical (unpaired) electrons. The molecule has 6 rings (SSSR count). The Morgan fingerprint density at radius 2 is 1.79 bits per heavy atom. The summed E-state index contributed by atoms with van der Waals surface area (Å²) in [6, 6.07) is 0.126. The van der Waals surface area contributed by atoms with Crippen LogP contribution in [-0.2, 0) is 23.9 Å². The van der Waals surface area contributed by atoms with Crippen LogP contribution in [0.25, 0.3) is 0 Å². The summed E-state index contributed by atoms with van der Waals surface area (Å²) < 4.78 is 13.3. The summed E-state index contributed by atoms with van der Waals surface area (Å²) in [4.78, 5) is 40.2. The second-order valence-electron chi connectivity index (χ2n) is 15.0. The molecule has 0 aromatic rings. The Bertz CT molecular complexity index is 1020. The molecule has 2 saturated heterocycles. The standard InChI is InChI=1S/C32H50N2O5/c1-18-9-12-32(38-17-18)19(2)29-25(39-32)14-24-22-8-7-20-13-21(33-27(36)16-28(37)34(5)6)10-11-30(20,3)23(22)15-26(35)31(24,29)4/h18-25,29H,7-17H2,1-6H3,(H,33,36)/t18-,19+,20+,21+,22-,23+,24+,25+,29+,30+,31-,32-/m1/s1. The molecule has 6 fully saturated rings. The van der Waals surface area contributed by atoms with Crippen molar-refractivity contribution in [1.29, 1.82) is 0 Å². The Hall–Kier alpha value is -1.47. The van der Waals surface area contributed by atoms with Gasteiger partial charge in [-0.2, -0.15) is 0 Å². The van der Waals surface area contributed by atoms with Crippen molar-refractivity contribution in [3.63, 3.8) is 0 Å². The summed E-state index contributed by atoms with van der Waals surface area (Å²) in [6.45, 7) is 10.0. The maximum Gasteiger partial charge on any atom is 0.231 e. The number of carbonyl (C=O) groups excluding carboxylic acids is 3. The summed E-state index contributed by atoms with van der Waals surface area (Å²) in [5, 5.41) is 3.16. The molecule has 0 aromatic heterocycles. The van der Waals surface area contributed by atoms with Gasteiger partial charge in [0.15, 0.2) is 5.79 Å². The maximum absolute atomic E-state index is 14.3. The number of nitrogens with zero attached hydrogens (tertiary/aromatic N) is 1. The van der Waals surface area contributed by atoms with E-state index in [2.05, 4.69) is 33.0 Å². The van der Waals surface area contributed by atoms with Crippen molar-refractivity contribution in [2.24, 2.45) is 52.3 Å². The van der Waals surface area contributed by atoms with E-state index in [-0.39, 0.29) is 53.0 Å². The van der Waals surface area contributed by atoms with E-state index < -0.39 is 5.79 Å². The van der Waals surface area contributed by atoms with Crippen LogP contribution >= 0.6 is 0 Å². The fourth-order valence-corrected chi connectivity index (χ4v) is 10.7. The SMILES string of the molecule is C[C@@H]1CC[C@@]2(OC1)O[C@H]1C[C@H]3[C@@H]4CC[C@H]5C[C@@H](NC(=O)CC(=O)N(C)C)CC[C@]5(C)[C@H]4CC(=O)[C@]3(C)[C@H]1[C@@H]2C. The molecule has 0 unspecified atom stereocenters. The van der Waals surface area contributed by atoms with E-state index in [1.807, 2.05) is 0 Å². The van der Waals surface area contributed by atoms with Crippen molar-refractivity contribution in [2.45, 2.75) is 110 Å². The van der Waals surface area contributed by atoms with Crippen molar-refractivity contribution in [3.8, 4) is 0 Å². The Morgan fingerprint density at radius 3 is 2.49 bits per heavy atom. The molecule has 7 heteroatoms. The zero-order valence-corrected chi connectivity index (χ0v) is 25.0. The highest BCUT2D eigenvalue weighted by molar-refractivity contribution is 5.96. The first-order valence-corrected chi connectivity index (χ1v) is 15.7. The van der Waals surface area contributed by atoms with Crippen molar-refractivity contribution >= 4 is 17.6 Å². The topological polar surface area (TPSA) is 84.9 Å². The molecule has 2 heterocycles. The van der Waals surface area contributed by atoms with Gasteiger partial charge in [0.05, 0.1) is 12.7 Å². The first-order chi connectivity index (χ1) is 18.4. The number of nitrogens with one attached hydrogen (secondary N) is 1. The third-order valence-electron chi connectivity index (χ3n) is 13.0. The van der Waals surface area contributed by atoms with Gasteiger partial charge in [-0.25, -0.2) is 0 Å². The number of hydrogen-bond acceptors (Lipinski definition) is 5. The highest BCUT2D eigenvalue weighted by atomic mass is 16.7. The monoisotopic (exact) mass is 542 g/mol. The second kappa shape index (κ2) is 9.54. The first-order valence-electron chi connectivity index (χ1n) is 15.7. The minimum Gasteiger partial charge on any atom is -0.353 e. The number of ketones is 1. The normalized spacial score (nSPS) is 50.5. The maximum atomic E-state index is 14.3. The summed E-state index contributed by atoms with van der Waals surface area (Å²) >= 11 is 0. The lowest BCUT2D eigenvalue weighted by molar-refractivity contribution is -0.272. The Morgan fingerprint density at radius 1 is 1.03 bits per heavy atom. The highest BCUT2D eigenvalue weighted by Gasteiger charge is 2.71. The number of Topliss-reactive ketones (excluding diaryl/α,β-unsaturated/α-hetero) is 1. The fourth-order valence-electron chi connectivity index (χ4n) is 10.7. The lowest BCUT2D eigenvalue weighted by Crippen LogP contribution is -2.59. The van der Waals surface area contributed by atoms with E-state index in [1.54, 1.807) is 14.1 Å². The lowest BCUT2D eigenvalue weighted by atomic mass is 9.44. The molecule has 0 aromatic carbocycles. The third kappa shape index (κ3) is 4.14. The summed E-state index contributed by atoms with van der Waals surface area (Å²) in [7, 11) is 3.37. The highest BCUT2D eigenvalue weighted by Crippen LogP contribution is 2.70. The summed E-state index contributed by atoms with van der Waals surface area (Å²) in [6.07, 6.45) is 9.09. The molecule has 39 heavy (non-hydrogen) atoms. The van der Waals surface area contributed by atoms with E-state index in [0.717, 1.165) is 51.6 Å². The molecule has 2 amide bonds. The van der Waals surface area contributed by atoms with Crippen LogP contribution in [0.2, 0.25) is 0 Å². The smallest absolute Gasteiger partial charge is 0.231 e. The van der Waals surface area contributed by atoms with Crippen LogP contribution in [0.4, 0.5) is 0 Å². The van der Waals surface area contributed by atoms with Crippen molar-refractivity contribution in [2.75, 3.05) is 20.7 Å². The number of hydrogen-bond donors (Lipinski definition) is 1. The van der Waals surface area contributed by atoms with Gasteiger partial charge in [0.25, 0.3) is 0 Å². The average Bonchev–Trinajstić information content (AvgIpc) is 3.33. The molecule has 1 N–H and O–H groups in total. The zero-order valence-electron chi connectivity index (χ0n) is 25.0. The van der Waals surface area contributed by atoms with E-state index in [4.69, 9.17) is 9.47 Å². The number of amides is 2. The predicted molar refractivity (Wildman–Crippen MR) is 147 cm³/mol. The van der Waals surface area contributed by atoms with Gasteiger partial charge in [-0.05, 0) is 80.0 Å². The molecule has 218 valence electrons. The van der Waals surface area contributed by atoms with Gasteiger partial charge in [-0.1, -0.05) is 27.7 Å². The van der Waals surface area contributed by atoms with Crippen LogP contribution in [0.15, 0.2) is 0 Å². The molecule has 1 spiro atoms. The lowest BCUT2D eigenvalue weighted by Gasteiger charge is -2.60. The number of fused-ring (bicyclic) bond motifs is 7. The molecule has 4 aliphatic carbocycles. The molecule has 7 nitrogen and oxygen atoms in total. The van der Waals surface area contributed by atoms with Crippen molar-refractivity contribution in [1.82, 2.24) is 10.2 Å². The molecular weight excluding hydrogens is 492 g/mol. The molecule has 12 atom stereocenters. The molecule has 0 bridgehead atoms. The predicted octanol–water partition coefficient (Wildman–Crippen LogP) is 4.58. The summed E-state index contributed by atoms with van der Waals surface area (Å²) in [5.41, 5.74) is -0.177. The molecule has 4 saturated carbocycles. The van der Waals surface area contributed by atoms with E-state index in [0.29, 0.717) is 41.8 Å². The van der Waals surface area contributed by atoms with Gasteiger partial charge in [-0.3, -0.25) is 14.4 Å². The van der Waals surface area contributed by atoms with E-state index >= 15 is 0 Å². The number of ether oxygens (including phenoxy) is 2. The Labute approximate surface area is 234 Å². The van der Waals surface area contributed by atoms with E-state index in [9.17, 15) is 14.4 Å². The average molecular weight is 543 g/mol. The number of rotatable bonds is 3. The third-order valence-corrected chi connectivity index (χ3v) is 13.0. The van der Waals surface area contributed by atoms with Crippen LogP contribution in [-0.4, -0.2) is 61.1 Å². The van der Waals surface area contributed by atoms with Crippen LogP contribution < -0.4 is 5.32 Å². The quantitative estimate of drug-likeness (QED) is 0.528. The van der Waals surface area contributed by atoms with E-state index in [1.165, 1.54) is 11.3 Å².